The molecule has 7 heteroatoms. The summed E-state index contributed by atoms with van der Waals surface area (Å²) in [6.07, 6.45) is 1.40. The Labute approximate surface area is 175 Å². The lowest BCUT2D eigenvalue weighted by Crippen LogP contribution is -2.54. The Morgan fingerprint density at radius 2 is 1.90 bits per heavy atom. The van der Waals surface area contributed by atoms with Gasteiger partial charge in [-0.1, -0.05) is 19.1 Å². The summed E-state index contributed by atoms with van der Waals surface area (Å²) >= 11 is 0. The van der Waals surface area contributed by atoms with Crippen molar-refractivity contribution < 1.29 is 13.2 Å². The van der Waals surface area contributed by atoms with E-state index in [0.29, 0.717) is 13.0 Å². The number of hydrogen-bond donors (Lipinski definition) is 0. The fourth-order valence-electron chi connectivity index (χ4n) is 4.50. The van der Waals surface area contributed by atoms with Crippen molar-refractivity contribution >= 4 is 21.4 Å². The van der Waals surface area contributed by atoms with Gasteiger partial charge in [0.15, 0.2) is 9.84 Å². The van der Waals surface area contributed by atoms with Gasteiger partial charge in [0.1, 0.15) is 0 Å². The summed E-state index contributed by atoms with van der Waals surface area (Å²) in [6, 6.07) is 6.32. The number of carbonyl (C=O) groups is 1. The molecule has 29 heavy (non-hydrogen) atoms. The first-order chi connectivity index (χ1) is 13.7. The summed E-state index contributed by atoms with van der Waals surface area (Å²) in [6.45, 7) is 12.3. The topological polar surface area (TPSA) is 60.9 Å². The van der Waals surface area contributed by atoms with E-state index in [4.69, 9.17) is 0 Å². The Morgan fingerprint density at radius 1 is 1.21 bits per heavy atom. The third-order valence-electron chi connectivity index (χ3n) is 6.60. The first-order valence-electron chi connectivity index (χ1n) is 10.8. The Hall–Kier alpha value is -1.60. The zero-order valence-electron chi connectivity index (χ0n) is 18.2. The maximum absolute atomic E-state index is 13.1. The third-order valence-corrected chi connectivity index (χ3v) is 8.35. The van der Waals surface area contributed by atoms with Crippen molar-refractivity contribution in [2.75, 3.05) is 49.1 Å². The van der Waals surface area contributed by atoms with Gasteiger partial charge in [-0.15, -0.1) is 0 Å². The fourth-order valence-corrected chi connectivity index (χ4v) is 6.21. The second-order valence-electron chi connectivity index (χ2n) is 8.60. The maximum Gasteiger partial charge on any atom is 0.237 e. The highest BCUT2D eigenvalue weighted by molar-refractivity contribution is 7.91. The number of sulfone groups is 1. The zero-order valence-corrected chi connectivity index (χ0v) is 19.0. The molecule has 0 aromatic heterocycles. The van der Waals surface area contributed by atoms with Crippen LogP contribution >= 0.6 is 0 Å². The molecule has 2 aliphatic heterocycles. The molecule has 0 spiro atoms. The molecule has 2 atom stereocenters. The van der Waals surface area contributed by atoms with Crippen molar-refractivity contribution in [1.82, 2.24) is 9.80 Å². The summed E-state index contributed by atoms with van der Waals surface area (Å²) in [7, 11) is -3.01. The molecule has 2 fully saturated rings. The first-order valence-corrected chi connectivity index (χ1v) is 12.6. The van der Waals surface area contributed by atoms with Crippen LogP contribution in [0.4, 0.5) is 5.69 Å². The van der Waals surface area contributed by atoms with Crippen LogP contribution in [0, 0.1) is 13.8 Å². The number of piperazine rings is 1. The smallest absolute Gasteiger partial charge is 0.237 e. The van der Waals surface area contributed by atoms with Gasteiger partial charge in [0.2, 0.25) is 5.91 Å². The van der Waals surface area contributed by atoms with E-state index in [2.05, 4.69) is 48.8 Å². The molecule has 0 bridgehead atoms. The number of hydrogen-bond acceptors (Lipinski definition) is 5. The van der Waals surface area contributed by atoms with Crippen LogP contribution in [0.2, 0.25) is 0 Å². The fraction of sp³-hybridized carbons (Fsp3) is 0.682. The summed E-state index contributed by atoms with van der Waals surface area (Å²) in [4.78, 5) is 19.6. The maximum atomic E-state index is 13.1. The van der Waals surface area contributed by atoms with Crippen molar-refractivity contribution in [3.05, 3.63) is 29.3 Å². The van der Waals surface area contributed by atoms with Crippen molar-refractivity contribution in [2.24, 2.45) is 0 Å². The predicted octanol–water partition coefficient (Wildman–Crippen LogP) is 2.24. The number of rotatable bonds is 6. The Morgan fingerprint density at radius 3 is 2.48 bits per heavy atom. The minimum absolute atomic E-state index is 0.0667. The van der Waals surface area contributed by atoms with Crippen LogP contribution in [0.25, 0.3) is 0 Å². The molecular weight excluding hydrogens is 386 g/mol. The lowest BCUT2D eigenvalue weighted by molar-refractivity contribution is -0.136. The number of anilines is 1. The van der Waals surface area contributed by atoms with E-state index in [-0.39, 0.29) is 29.5 Å². The number of benzene rings is 1. The first kappa shape index (κ1) is 22.1. The highest BCUT2D eigenvalue weighted by Gasteiger charge is 2.37. The normalized spacial score (nSPS) is 23.2. The van der Waals surface area contributed by atoms with E-state index in [0.717, 1.165) is 32.6 Å². The van der Waals surface area contributed by atoms with Crippen LogP contribution in [0.15, 0.2) is 18.2 Å². The predicted molar refractivity (Wildman–Crippen MR) is 118 cm³/mol. The van der Waals surface area contributed by atoms with Gasteiger partial charge >= 0.3 is 0 Å². The van der Waals surface area contributed by atoms with Gasteiger partial charge in [0.25, 0.3) is 0 Å². The van der Waals surface area contributed by atoms with Gasteiger partial charge < -0.3 is 9.80 Å². The largest absolute Gasteiger partial charge is 0.369 e. The second kappa shape index (κ2) is 9.04. The molecule has 3 rings (SSSR count). The molecule has 0 saturated carbocycles. The molecule has 2 saturated heterocycles. The molecule has 0 N–H and O–H groups in total. The van der Waals surface area contributed by atoms with Crippen molar-refractivity contribution in [3.8, 4) is 0 Å². The Kier molecular flexibility index (Phi) is 6.89. The highest BCUT2D eigenvalue weighted by atomic mass is 32.2. The van der Waals surface area contributed by atoms with E-state index in [1.807, 2.05) is 11.8 Å². The summed E-state index contributed by atoms with van der Waals surface area (Å²) in [5.74, 6) is 0.386. The van der Waals surface area contributed by atoms with Crippen molar-refractivity contribution in [2.45, 2.75) is 52.6 Å². The molecule has 0 radical (unpaired) electrons. The van der Waals surface area contributed by atoms with E-state index in [9.17, 15) is 13.2 Å². The quantitative estimate of drug-likeness (QED) is 0.705. The molecule has 6 nitrogen and oxygen atoms in total. The van der Waals surface area contributed by atoms with E-state index in [1.165, 1.54) is 16.8 Å². The lowest BCUT2D eigenvalue weighted by Gasteiger charge is -2.39. The summed E-state index contributed by atoms with van der Waals surface area (Å²) in [5, 5.41) is 0. The van der Waals surface area contributed by atoms with Crippen LogP contribution in [0.1, 0.15) is 37.8 Å². The van der Waals surface area contributed by atoms with Crippen LogP contribution in [-0.4, -0.2) is 80.4 Å². The minimum Gasteiger partial charge on any atom is -0.369 e. The molecule has 1 aromatic rings. The molecule has 162 valence electrons. The van der Waals surface area contributed by atoms with E-state index >= 15 is 0 Å². The molecule has 0 unspecified atom stereocenters. The van der Waals surface area contributed by atoms with Gasteiger partial charge in [0, 0.05) is 44.0 Å². The second-order valence-corrected chi connectivity index (χ2v) is 10.8. The van der Waals surface area contributed by atoms with Crippen LogP contribution < -0.4 is 4.90 Å². The average Bonchev–Trinajstić information content (AvgIpc) is 3.04. The Balaban J connectivity index is 1.61. The molecule has 2 heterocycles. The monoisotopic (exact) mass is 421 g/mol. The van der Waals surface area contributed by atoms with Gasteiger partial charge in [-0.3, -0.25) is 9.69 Å². The van der Waals surface area contributed by atoms with Crippen LogP contribution in [0.3, 0.4) is 0 Å². The summed E-state index contributed by atoms with van der Waals surface area (Å²) in [5.41, 5.74) is 3.91. The SMILES string of the molecule is CC[C@H](C)N(C(=O)CN1CCN(c2cccc(C)c2C)CC1)[C@H]1CCS(=O)(=O)C1. The van der Waals surface area contributed by atoms with Crippen LogP contribution in [-0.2, 0) is 14.6 Å². The van der Waals surface area contributed by atoms with Gasteiger partial charge in [0.05, 0.1) is 18.1 Å². The minimum atomic E-state index is -3.01. The number of amides is 1. The Bertz CT molecular complexity index is 832. The summed E-state index contributed by atoms with van der Waals surface area (Å²) < 4.78 is 23.9. The van der Waals surface area contributed by atoms with Gasteiger partial charge in [-0.2, -0.15) is 0 Å². The van der Waals surface area contributed by atoms with Crippen molar-refractivity contribution in [1.29, 1.82) is 0 Å². The van der Waals surface area contributed by atoms with Crippen LogP contribution in [0.5, 0.6) is 0 Å². The van der Waals surface area contributed by atoms with Crippen molar-refractivity contribution in [3.63, 3.8) is 0 Å². The van der Waals surface area contributed by atoms with Gasteiger partial charge in [-0.25, -0.2) is 8.42 Å². The molecular formula is C22H35N3O3S. The zero-order chi connectivity index (χ0) is 21.2. The van der Waals surface area contributed by atoms with Gasteiger partial charge in [-0.05, 0) is 50.8 Å². The van der Waals surface area contributed by atoms with E-state index in [1.54, 1.807) is 0 Å². The number of aryl methyl sites for hydroxylation is 1. The molecule has 0 aliphatic carbocycles. The number of nitrogens with zero attached hydrogens (tertiary/aromatic N) is 3. The lowest BCUT2D eigenvalue weighted by atomic mass is 10.1. The molecule has 1 amide bonds. The standard InChI is InChI=1S/C22H35N3O3S/c1-5-18(3)25(20-9-14-29(27,28)16-20)22(26)15-23-10-12-24(13-11-23)21-8-6-7-17(2)19(21)4/h6-8,18,20H,5,9-16H2,1-4H3/t18-,20-/m0/s1. The molecule has 2 aliphatic rings. The average molecular weight is 422 g/mol. The highest BCUT2D eigenvalue weighted by Crippen LogP contribution is 2.25. The number of carbonyl (C=O) groups excluding carboxylic acids is 1. The van der Waals surface area contributed by atoms with E-state index < -0.39 is 9.84 Å². The third kappa shape index (κ3) is 5.12. The molecule has 1 aromatic carbocycles.